The van der Waals surface area contributed by atoms with Crippen LogP contribution >= 0.6 is 11.8 Å². The number of fused-ring (bicyclic) bond motifs is 2. The number of thioether (sulfide) groups is 1. The summed E-state index contributed by atoms with van der Waals surface area (Å²) in [5.74, 6) is 1.39. The predicted molar refractivity (Wildman–Crippen MR) is 108 cm³/mol. The maximum Gasteiger partial charge on any atom is 0.253 e. The fourth-order valence-electron chi connectivity index (χ4n) is 3.79. The van der Waals surface area contributed by atoms with Crippen molar-refractivity contribution < 1.29 is 14.0 Å². The first-order chi connectivity index (χ1) is 13.7. The van der Waals surface area contributed by atoms with Crippen molar-refractivity contribution in [2.45, 2.75) is 23.7 Å². The summed E-state index contributed by atoms with van der Waals surface area (Å²) in [6.07, 6.45) is 1.66. The number of carbonyl (C=O) groups excluding carboxylic acids is 2. The monoisotopic (exact) mass is 393 g/mol. The van der Waals surface area contributed by atoms with E-state index in [1.54, 1.807) is 6.07 Å². The molecule has 142 valence electrons. The molecule has 2 aromatic carbocycles. The van der Waals surface area contributed by atoms with Crippen LogP contribution in [0, 0.1) is 0 Å². The van der Waals surface area contributed by atoms with Gasteiger partial charge in [0.15, 0.2) is 11.5 Å². The molecule has 0 spiro atoms. The SMILES string of the molecule is O=C1CSc2ccc(C(=O)N3CCC(c4nc5ccccc5o4)CC3)cc2N1. The number of hydrogen-bond acceptors (Lipinski definition) is 5. The van der Waals surface area contributed by atoms with Gasteiger partial charge in [0.1, 0.15) is 5.52 Å². The molecule has 2 aliphatic heterocycles. The molecular weight excluding hydrogens is 374 g/mol. The summed E-state index contributed by atoms with van der Waals surface area (Å²) >= 11 is 1.50. The fraction of sp³-hybridized carbons (Fsp3) is 0.286. The molecular formula is C21H19N3O3S. The van der Waals surface area contributed by atoms with E-state index in [1.807, 2.05) is 41.3 Å². The minimum Gasteiger partial charge on any atom is -0.440 e. The zero-order valence-corrected chi connectivity index (χ0v) is 16.0. The molecule has 3 heterocycles. The molecule has 0 aliphatic carbocycles. The first-order valence-electron chi connectivity index (χ1n) is 9.39. The van der Waals surface area contributed by atoms with Gasteiger partial charge in [0.05, 0.1) is 11.4 Å². The van der Waals surface area contributed by atoms with Crippen molar-refractivity contribution in [2.75, 3.05) is 24.2 Å². The minimum atomic E-state index is -0.0266. The first-order valence-corrected chi connectivity index (χ1v) is 10.4. The van der Waals surface area contributed by atoms with Gasteiger partial charge >= 0.3 is 0 Å². The van der Waals surface area contributed by atoms with Gasteiger partial charge in [0, 0.05) is 29.5 Å². The Hall–Kier alpha value is -2.80. The number of piperidine rings is 1. The molecule has 0 atom stereocenters. The summed E-state index contributed by atoms with van der Waals surface area (Å²) in [5, 5.41) is 2.85. The van der Waals surface area contributed by atoms with Gasteiger partial charge in [0.25, 0.3) is 5.91 Å². The molecule has 7 heteroatoms. The van der Waals surface area contributed by atoms with Crippen LogP contribution in [0.4, 0.5) is 5.69 Å². The number of aromatic nitrogens is 1. The molecule has 0 radical (unpaired) electrons. The molecule has 1 fully saturated rings. The molecule has 1 N–H and O–H groups in total. The second kappa shape index (κ2) is 6.98. The maximum absolute atomic E-state index is 12.9. The van der Waals surface area contributed by atoms with Gasteiger partial charge in [-0.1, -0.05) is 12.1 Å². The van der Waals surface area contributed by atoms with E-state index in [2.05, 4.69) is 10.3 Å². The average molecular weight is 393 g/mol. The average Bonchev–Trinajstić information content (AvgIpc) is 3.17. The van der Waals surface area contributed by atoms with Crippen LogP contribution in [0.2, 0.25) is 0 Å². The van der Waals surface area contributed by atoms with E-state index in [1.165, 1.54) is 11.8 Å². The number of amides is 2. The van der Waals surface area contributed by atoms with Crippen LogP contribution in [0.25, 0.3) is 11.1 Å². The normalized spacial score (nSPS) is 17.4. The molecule has 2 amide bonds. The third kappa shape index (κ3) is 3.16. The molecule has 0 bridgehead atoms. The van der Waals surface area contributed by atoms with E-state index in [-0.39, 0.29) is 17.7 Å². The predicted octanol–water partition coefficient (Wildman–Crippen LogP) is 3.89. The van der Waals surface area contributed by atoms with Gasteiger partial charge in [-0.05, 0) is 43.2 Å². The zero-order chi connectivity index (χ0) is 19.1. The van der Waals surface area contributed by atoms with Crippen LogP contribution < -0.4 is 5.32 Å². The van der Waals surface area contributed by atoms with Gasteiger partial charge in [-0.2, -0.15) is 0 Å². The van der Waals surface area contributed by atoms with Gasteiger partial charge in [-0.15, -0.1) is 11.8 Å². The largest absolute Gasteiger partial charge is 0.440 e. The third-order valence-corrected chi connectivity index (χ3v) is 6.37. The van der Waals surface area contributed by atoms with Crippen molar-refractivity contribution in [3.05, 3.63) is 53.9 Å². The summed E-state index contributed by atoms with van der Waals surface area (Å²) < 4.78 is 5.90. The Labute approximate surface area is 166 Å². The maximum atomic E-state index is 12.9. The highest BCUT2D eigenvalue weighted by Crippen LogP contribution is 2.33. The summed E-state index contributed by atoms with van der Waals surface area (Å²) in [5.41, 5.74) is 3.03. The van der Waals surface area contributed by atoms with Gasteiger partial charge < -0.3 is 14.6 Å². The number of carbonyl (C=O) groups is 2. The highest BCUT2D eigenvalue weighted by atomic mass is 32.2. The van der Waals surface area contributed by atoms with Crippen molar-refractivity contribution in [3.8, 4) is 0 Å². The Morgan fingerprint density at radius 1 is 1.18 bits per heavy atom. The summed E-state index contributed by atoms with van der Waals surface area (Å²) in [6, 6.07) is 13.3. The number of oxazole rings is 1. The van der Waals surface area contributed by atoms with Crippen molar-refractivity contribution in [1.29, 1.82) is 0 Å². The molecule has 3 aromatic rings. The van der Waals surface area contributed by atoms with E-state index < -0.39 is 0 Å². The quantitative estimate of drug-likeness (QED) is 0.715. The van der Waals surface area contributed by atoms with Gasteiger partial charge in [-0.25, -0.2) is 4.98 Å². The van der Waals surface area contributed by atoms with Crippen LogP contribution in [0.1, 0.15) is 35.0 Å². The minimum absolute atomic E-state index is 0.00337. The highest BCUT2D eigenvalue weighted by molar-refractivity contribution is 8.00. The van der Waals surface area contributed by atoms with Crippen molar-refractivity contribution in [1.82, 2.24) is 9.88 Å². The van der Waals surface area contributed by atoms with Crippen LogP contribution in [-0.2, 0) is 4.79 Å². The number of likely N-dealkylation sites (tertiary alicyclic amines) is 1. The van der Waals surface area contributed by atoms with E-state index in [9.17, 15) is 9.59 Å². The Kier molecular flexibility index (Phi) is 4.31. The van der Waals surface area contributed by atoms with Crippen LogP contribution in [-0.4, -0.2) is 40.5 Å². The lowest BCUT2D eigenvalue weighted by molar-refractivity contribution is -0.113. The Morgan fingerprint density at radius 2 is 2.00 bits per heavy atom. The van der Waals surface area contributed by atoms with Crippen molar-refractivity contribution >= 4 is 40.4 Å². The topological polar surface area (TPSA) is 75.4 Å². The lowest BCUT2D eigenvalue weighted by Gasteiger charge is -2.31. The molecule has 0 saturated carbocycles. The second-order valence-corrected chi connectivity index (χ2v) is 8.15. The summed E-state index contributed by atoms with van der Waals surface area (Å²) in [6.45, 7) is 1.33. The zero-order valence-electron chi connectivity index (χ0n) is 15.2. The van der Waals surface area contributed by atoms with Crippen LogP contribution in [0.15, 0.2) is 51.8 Å². The molecule has 2 aliphatic rings. The summed E-state index contributed by atoms with van der Waals surface area (Å²) in [4.78, 5) is 32.0. The Morgan fingerprint density at radius 3 is 2.82 bits per heavy atom. The number of rotatable bonds is 2. The molecule has 28 heavy (non-hydrogen) atoms. The van der Waals surface area contributed by atoms with Gasteiger partial charge in [0.2, 0.25) is 5.91 Å². The number of nitrogens with one attached hydrogen (secondary N) is 1. The van der Waals surface area contributed by atoms with E-state index in [0.717, 1.165) is 40.4 Å². The van der Waals surface area contributed by atoms with Crippen LogP contribution in [0.5, 0.6) is 0 Å². The lowest BCUT2D eigenvalue weighted by Crippen LogP contribution is -2.38. The molecule has 1 saturated heterocycles. The standard InChI is InChI=1S/C21H19N3O3S/c25-19-12-28-18-6-5-14(11-16(18)22-19)21(26)24-9-7-13(8-10-24)20-23-15-3-1-2-4-17(15)27-20/h1-6,11,13H,7-10,12H2,(H,22,25). The number of nitrogens with zero attached hydrogens (tertiary/aromatic N) is 2. The van der Waals surface area contributed by atoms with Gasteiger partial charge in [-0.3, -0.25) is 9.59 Å². The fourth-order valence-corrected chi connectivity index (χ4v) is 4.58. The van der Waals surface area contributed by atoms with E-state index >= 15 is 0 Å². The highest BCUT2D eigenvalue weighted by Gasteiger charge is 2.28. The third-order valence-electron chi connectivity index (χ3n) is 5.30. The molecule has 6 nitrogen and oxygen atoms in total. The molecule has 0 unspecified atom stereocenters. The first kappa shape index (κ1) is 17.3. The number of hydrogen-bond donors (Lipinski definition) is 1. The number of para-hydroxylation sites is 2. The number of benzene rings is 2. The van der Waals surface area contributed by atoms with E-state index in [4.69, 9.17) is 4.42 Å². The molecule has 5 rings (SSSR count). The van der Waals surface area contributed by atoms with Crippen molar-refractivity contribution in [3.63, 3.8) is 0 Å². The molecule has 1 aromatic heterocycles. The van der Waals surface area contributed by atoms with Crippen LogP contribution in [0.3, 0.4) is 0 Å². The van der Waals surface area contributed by atoms with Crippen molar-refractivity contribution in [2.24, 2.45) is 0 Å². The Bertz CT molecular complexity index is 1040. The lowest BCUT2D eigenvalue weighted by atomic mass is 9.96. The summed E-state index contributed by atoms with van der Waals surface area (Å²) in [7, 11) is 0. The number of anilines is 1. The Balaban J connectivity index is 1.28. The van der Waals surface area contributed by atoms with E-state index in [0.29, 0.717) is 24.4 Å². The smallest absolute Gasteiger partial charge is 0.253 e. The second-order valence-electron chi connectivity index (χ2n) is 7.13.